The van der Waals surface area contributed by atoms with Gasteiger partial charge in [0.1, 0.15) is 5.82 Å². The first-order chi connectivity index (χ1) is 13.0. The van der Waals surface area contributed by atoms with E-state index in [0.717, 1.165) is 25.7 Å². The smallest absolute Gasteiger partial charge is 0.328 e. The van der Waals surface area contributed by atoms with Crippen molar-refractivity contribution in [1.29, 1.82) is 0 Å². The topological polar surface area (TPSA) is 113 Å². The van der Waals surface area contributed by atoms with Crippen molar-refractivity contribution in [3.63, 3.8) is 0 Å². The third kappa shape index (κ3) is 3.71. The molecule has 1 aliphatic carbocycles. The Kier molecular flexibility index (Phi) is 5.15. The van der Waals surface area contributed by atoms with Crippen LogP contribution in [-0.2, 0) is 0 Å². The summed E-state index contributed by atoms with van der Waals surface area (Å²) in [5.74, 6) is -1.01. The van der Waals surface area contributed by atoms with E-state index in [1.165, 1.54) is 34.5 Å². The van der Waals surface area contributed by atoms with Gasteiger partial charge >= 0.3 is 5.76 Å². The van der Waals surface area contributed by atoms with Gasteiger partial charge in [0.05, 0.1) is 10.2 Å². The number of halogens is 2. The Morgan fingerprint density at radius 1 is 1.22 bits per heavy atom. The fraction of sp³-hybridized carbons (Fsp3) is 0.375. The maximum atomic E-state index is 13.5. The molecule has 3 aromatic rings. The summed E-state index contributed by atoms with van der Waals surface area (Å²) in [7, 11) is 0. The highest BCUT2D eigenvalue weighted by Crippen LogP contribution is 2.36. The number of benzene rings is 1. The predicted molar refractivity (Wildman–Crippen MR) is 99.1 cm³/mol. The fourth-order valence-electron chi connectivity index (χ4n) is 3.01. The molecule has 0 aliphatic heterocycles. The van der Waals surface area contributed by atoms with Gasteiger partial charge < -0.3 is 5.73 Å². The van der Waals surface area contributed by atoms with E-state index in [4.69, 9.17) is 14.9 Å². The Morgan fingerprint density at radius 3 is 2.74 bits per heavy atom. The molecular weight excluding hydrogens is 441 g/mol. The molecule has 142 valence electrons. The molecule has 0 radical (unpaired) electrons. The van der Waals surface area contributed by atoms with Crippen LogP contribution in [0.4, 0.5) is 4.39 Å². The van der Waals surface area contributed by atoms with Gasteiger partial charge in [-0.25, -0.2) is 18.4 Å². The zero-order chi connectivity index (χ0) is 19.0. The lowest BCUT2D eigenvalue weighted by molar-refractivity contribution is 0.299. The molecule has 4 rings (SSSR count). The molecule has 2 N–H and O–H groups in total. The quantitative estimate of drug-likeness (QED) is 0.637. The normalized spacial score (nSPS) is 20.1. The lowest BCUT2D eigenvalue weighted by Crippen LogP contribution is -2.27. The zero-order valence-corrected chi connectivity index (χ0v) is 16.4. The van der Waals surface area contributed by atoms with Gasteiger partial charge in [-0.3, -0.25) is 4.52 Å². The van der Waals surface area contributed by atoms with Crippen molar-refractivity contribution in [1.82, 2.24) is 20.0 Å². The van der Waals surface area contributed by atoms with Crippen molar-refractivity contribution < 1.29 is 13.5 Å². The van der Waals surface area contributed by atoms with Gasteiger partial charge in [0, 0.05) is 11.3 Å². The molecule has 0 saturated heterocycles. The molecule has 1 aliphatic rings. The van der Waals surface area contributed by atoms with Gasteiger partial charge in [-0.1, -0.05) is 16.9 Å². The standard InChI is InChI=1S/C16H15BrFN5O3S/c17-11-7-9(3-6-12(11)18)23-14(21-25-16(23)24)13-15(22-26-20-13)27-10-4-1-8(19)2-5-10/h3,6-8,10H,1-2,4-5,19H2. The van der Waals surface area contributed by atoms with Crippen molar-refractivity contribution in [2.75, 3.05) is 0 Å². The van der Waals surface area contributed by atoms with Gasteiger partial charge in [-0.15, -0.1) is 0 Å². The molecule has 0 spiro atoms. The van der Waals surface area contributed by atoms with Crippen molar-refractivity contribution in [3.8, 4) is 17.2 Å². The van der Waals surface area contributed by atoms with E-state index < -0.39 is 11.6 Å². The SMILES string of the molecule is NC1CCC(Sc2nonc2-c2noc(=O)n2-c2ccc(F)c(Br)c2)CC1. The second kappa shape index (κ2) is 7.56. The van der Waals surface area contributed by atoms with E-state index in [2.05, 4.69) is 31.4 Å². The van der Waals surface area contributed by atoms with Crippen LogP contribution in [0.5, 0.6) is 0 Å². The third-order valence-corrected chi connectivity index (χ3v) is 6.34. The highest BCUT2D eigenvalue weighted by atomic mass is 79.9. The molecule has 1 aromatic carbocycles. The van der Waals surface area contributed by atoms with E-state index in [9.17, 15) is 9.18 Å². The number of rotatable bonds is 4. The Labute approximate surface area is 165 Å². The first kappa shape index (κ1) is 18.4. The third-order valence-electron chi connectivity index (χ3n) is 4.43. The average Bonchev–Trinajstić information content (AvgIpc) is 3.25. The van der Waals surface area contributed by atoms with Crippen LogP contribution in [0.2, 0.25) is 0 Å². The highest BCUT2D eigenvalue weighted by molar-refractivity contribution is 9.10. The van der Waals surface area contributed by atoms with Crippen LogP contribution in [0.1, 0.15) is 25.7 Å². The van der Waals surface area contributed by atoms with Crippen molar-refractivity contribution in [3.05, 3.63) is 39.0 Å². The summed E-state index contributed by atoms with van der Waals surface area (Å²) in [5.41, 5.74) is 6.64. The average molecular weight is 456 g/mol. The largest absolute Gasteiger partial charge is 0.446 e. The lowest BCUT2D eigenvalue weighted by atomic mass is 9.96. The summed E-state index contributed by atoms with van der Waals surface area (Å²) < 4.78 is 24.7. The molecular formula is C16H15BrFN5O3S. The number of nitrogens with two attached hydrogens (primary N) is 1. The van der Waals surface area contributed by atoms with Gasteiger partial charge in [-0.05, 0) is 70.1 Å². The van der Waals surface area contributed by atoms with Crippen LogP contribution in [0.25, 0.3) is 17.2 Å². The second-order valence-electron chi connectivity index (χ2n) is 6.28. The molecule has 0 bridgehead atoms. The molecule has 11 heteroatoms. The minimum atomic E-state index is -0.717. The van der Waals surface area contributed by atoms with Crippen LogP contribution in [0, 0.1) is 5.82 Å². The van der Waals surface area contributed by atoms with E-state index in [1.807, 2.05) is 0 Å². The molecule has 2 heterocycles. The summed E-state index contributed by atoms with van der Waals surface area (Å²) in [6, 6.07) is 4.39. The molecule has 2 aromatic heterocycles. The first-order valence-corrected chi connectivity index (χ1v) is 9.99. The maximum absolute atomic E-state index is 13.5. The van der Waals surface area contributed by atoms with Gasteiger partial charge in [0.2, 0.25) is 5.82 Å². The van der Waals surface area contributed by atoms with Gasteiger partial charge in [-0.2, -0.15) is 0 Å². The van der Waals surface area contributed by atoms with Crippen molar-refractivity contribution in [2.24, 2.45) is 5.73 Å². The first-order valence-electron chi connectivity index (χ1n) is 8.32. The Morgan fingerprint density at radius 2 is 2.00 bits per heavy atom. The molecule has 0 unspecified atom stereocenters. The highest BCUT2D eigenvalue weighted by Gasteiger charge is 2.27. The van der Waals surface area contributed by atoms with Crippen LogP contribution in [0.15, 0.2) is 41.6 Å². The summed E-state index contributed by atoms with van der Waals surface area (Å²) in [6.07, 6.45) is 3.84. The zero-order valence-electron chi connectivity index (χ0n) is 14.0. The van der Waals surface area contributed by atoms with E-state index in [0.29, 0.717) is 21.7 Å². The number of hydrogen-bond donors (Lipinski definition) is 1. The van der Waals surface area contributed by atoms with E-state index in [1.54, 1.807) is 0 Å². The summed E-state index contributed by atoms with van der Waals surface area (Å²) in [5, 5.41) is 12.6. The van der Waals surface area contributed by atoms with E-state index >= 15 is 0 Å². The Balaban J connectivity index is 1.68. The Bertz CT molecular complexity index is 1010. The minimum Gasteiger partial charge on any atom is -0.328 e. The molecule has 8 nitrogen and oxygen atoms in total. The van der Waals surface area contributed by atoms with Crippen molar-refractivity contribution in [2.45, 2.75) is 42.0 Å². The van der Waals surface area contributed by atoms with E-state index in [-0.39, 0.29) is 16.3 Å². The van der Waals surface area contributed by atoms with Crippen LogP contribution >= 0.6 is 27.7 Å². The maximum Gasteiger partial charge on any atom is 0.446 e. The molecule has 1 fully saturated rings. The molecule has 27 heavy (non-hydrogen) atoms. The lowest BCUT2D eigenvalue weighted by Gasteiger charge is -2.24. The van der Waals surface area contributed by atoms with Crippen LogP contribution in [0.3, 0.4) is 0 Å². The van der Waals surface area contributed by atoms with Crippen LogP contribution in [-0.4, -0.2) is 31.3 Å². The van der Waals surface area contributed by atoms with Gasteiger partial charge in [0.15, 0.2) is 10.7 Å². The van der Waals surface area contributed by atoms with Gasteiger partial charge in [0.25, 0.3) is 0 Å². The van der Waals surface area contributed by atoms with Crippen molar-refractivity contribution >= 4 is 27.7 Å². The number of nitrogens with zero attached hydrogens (tertiary/aromatic N) is 4. The fourth-order valence-corrected chi connectivity index (χ4v) is 4.52. The summed E-state index contributed by atoms with van der Waals surface area (Å²) in [4.78, 5) is 12.2. The Hall–Kier alpha value is -1.98. The monoisotopic (exact) mass is 455 g/mol. The predicted octanol–water partition coefficient (Wildman–Crippen LogP) is 3.14. The number of hydrogen-bond acceptors (Lipinski definition) is 8. The molecule has 1 saturated carbocycles. The number of thioether (sulfide) groups is 1. The minimum absolute atomic E-state index is 0.148. The second-order valence-corrected chi connectivity index (χ2v) is 8.42. The molecule has 0 atom stereocenters. The van der Waals surface area contributed by atoms with Crippen LogP contribution < -0.4 is 11.5 Å². The molecule has 0 amide bonds. The summed E-state index contributed by atoms with van der Waals surface area (Å²) >= 11 is 4.64. The number of aromatic nitrogens is 4. The summed E-state index contributed by atoms with van der Waals surface area (Å²) in [6.45, 7) is 0.